The van der Waals surface area contributed by atoms with E-state index in [-0.39, 0.29) is 0 Å². The smallest absolute Gasteiger partial charge is 0.168 e. The fourth-order valence-corrected chi connectivity index (χ4v) is 1.81. The third kappa shape index (κ3) is 2.18. The molecule has 0 N–H and O–H groups in total. The average molecular weight is 252 g/mol. The van der Waals surface area contributed by atoms with Crippen LogP contribution in [-0.4, -0.2) is 26.6 Å². The van der Waals surface area contributed by atoms with E-state index in [4.69, 9.17) is 4.74 Å². The second-order valence-corrected chi connectivity index (χ2v) is 3.93. The van der Waals surface area contributed by atoms with E-state index in [9.17, 15) is 0 Å². The summed E-state index contributed by atoms with van der Waals surface area (Å²) < 4.78 is 6.80. The summed E-state index contributed by atoms with van der Waals surface area (Å²) in [6.45, 7) is 0. The first-order valence-corrected chi connectivity index (χ1v) is 5.83. The van der Waals surface area contributed by atoms with Gasteiger partial charge in [0.1, 0.15) is 11.8 Å². The van der Waals surface area contributed by atoms with Gasteiger partial charge in [-0.25, -0.2) is 15.0 Å². The summed E-state index contributed by atoms with van der Waals surface area (Å²) in [5.41, 5.74) is 2.56. The van der Waals surface area contributed by atoms with E-state index in [0.29, 0.717) is 5.82 Å². The maximum absolute atomic E-state index is 4.87. The molecule has 0 saturated heterocycles. The molecule has 1 aromatic carbocycles. The van der Waals surface area contributed by atoms with Crippen molar-refractivity contribution in [1.29, 1.82) is 0 Å². The summed E-state index contributed by atoms with van der Waals surface area (Å²) in [4.78, 5) is 13.0. The minimum Gasteiger partial charge on any atom is -0.504 e. The Bertz CT molecular complexity index is 719. The summed E-state index contributed by atoms with van der Waals surface area (Å²) in [6.07, 6.45) is 6.71. The van der Waals surface area contributed by atoms with Gasteiger partial charge in [0, 0.05) is 11.8 Å². The Kier molecular flexibility index (Phi) is 2.94. The van der Waals surface area contributed by atoms with Gasteiger partial charge in [-0.1, -0.05) is 18.2 Å². The Morgan fingerprint density at radius 3 is 2.79 bits per heavy atom. The number of aromatic nitrogens is 4. The molecule has 3 aromatic rings. The number of para-hydroxylation sites is 1. The number of benzene rings is 1. The lowest BCUT2D eigenvalue weighted by Gasteiger charge is -2.02. The predicted octanol–water partition coefficient (Wildman–Crippen LogP) is 2.43. The Labute approximate surface area is 110 Å². The molecular formula is C14H12N4O. The van der Waals surface area contributed by atoms with E-state index in [1.54, 1.807) is 32.0 Å². The number of hydrogen-bond donors (Lipinski definition) is 0. The van der Waals surface area contributed by atoms with Gasteiger partial charge in [-0.05, 0) is 12.1 Å². The highest BCUT2D eigenvalue weighted by Crippen LogP contribution is 2.15. The van der Waals surface area contributed by atoms with Crippen molar-refractivity contribution in [3.8, 4) is 5.69 Å². The van der Waals surface area contributed by atoms with Crippen LogP contribution in [0.15, 0.2) is 49.1 Å². The molecule has 0 aliphatic rings. The largest absolute Gasteiger partial charge is 0.504 e. The minimum absolute atomic E-state index is 0.590. The number of fused-ring (bicyclic) bond motifs is 1. The zero-order valence-electron chi connectivity index (χ0n) is 10.4. The van der Waals surface area contributed by atoms with Crippen molar-refractivity contribution in [3.05, 3.63) is 54.9 Å². The average Bonchev–Trinajstić information content (AvgIpc) is 2.89. The van der Waals surface area contributed by atoms with Gasteiger partial charge in [0.05, 0.1) is 19.6 Å². The number of ether oxygens (including phenoxy) is 1. The molecule has 0 radical (unpaired) electrons. The van der Waals surface area contributed by atoms with Crippen molar-refractivity contribution in [2.45, 2.75) is 0 Å². The molecule has 5 nitrogen and oxygen atoms in total. The van der Waals surface area contributed by atoms with Gasteiger partial charge in [-0.3, -0.25) is 4.57 Å². The first-order valence-electron chi connectivity index (χ1n) is 5.83. The Morgan fingerprint density at radius 1 is 1.16 bits per heavy atom. The predicted molar refractivity (Wildman–Crippen MR) is 72.7 cm³/mol. The van der Waals surface area contributed by atoms with Crippen molar-refractivity contribution >= 4 is 17.2 Å². The van der Waals surface area contributed by atoms with E-state index in [1.165, 1.54) is 0 Å². The number of rotatable bonds is 3. The van der Waals surface area contributed by atoms with Crippen LogP contribution in [0.5, 0.6) is 0 Å². The molecule has 0 aliphatic carbocycles. The number of methoxy groups -OCH3 is 1. The first kappa shape index (κ1) is 11.4. The molecule has 0 spiro atoms. The van der Waals surface area contributed by atoms with Crippen LogP contribution in [0.25, 0.3) is 22.9 Å². The van der Waals surface area contributed by atoms with Crippen LogP contribution >= 0.6 is 0 Å². The summed E-state index contributed by atoms with van der Waals surface area (Å²) in [5, 5.41) is 0. The molecule has 0 bridgehead atoms. The van der Waals surface area contributed by atoms with Crippen LogP contribution in [0.1, 0.15) is 5.82 Å². The second-order valence-electron chi connectivity index (χ2n) is 3.93. The van der Waals surface area contributed by atoms with Gasteiger partial charge >= 0.3 is 0 Å². The van der Waals surface area contributed by atoms with E-state index in [2.05, 4.69) is 15.0 Å². The van der Waals surface area contributed by atoms with Gasteiger partial charge in [-0.15, -0.1) is 0 Å². The highest BCUT2D eigenvalue weighted by atomic mass is 16.5. The highest BCUT2D eigenvalue weighted by Gasteiger charge is 2.06. The SMILES string of the molecule is CO/C=C/c1ncc2ncn(-c3ccccc3)c2n1. The molecule has 0 saturated carbocycles. The van der Waals surface area contributed by atoms with Gasteiger partial charge in [0.25, 0.3) is 0 Å². The molecule has 0 atom stereocenters. The summed E-state index contributed by atoms with van der Waals surface area (Å²) >= 11 is 0. The Morgan fingerprint density at radius 2 is 2.00 bits per heavy atom. The number of imidazole rings is 1. The fourth-order valence-electron chi connectivity index (χ4n) is 1.81. The molecule has 94 valence electrons. The zero-order chi connectivity index (χ0) is 13.1. The molecule has 0 aliphatic heterocycles. The first-order chi connectivity index (χ1) is 9.38. The van der Waals surface area contributed by atoms with Crippen LogP contribution in [0.2, 0.25) is 0 Å². The van der Waals surface area contributed by atoms with E-state index < -0.39 is 0 Å². The summed E-state index contributed by atoms with van der Waals surface area (Å²) in [7, 11) is 1.59. The van der Waals surface area contributed by atoms with Crippen molar-refractivity contribution in [2.24, 2.45) is 0 Å². The van der Waals surface area contributed by atoms with Crippen LogP contribution < -0.4 is 0 Å². The molecule has 2 heterocycles. The maximum Gasteiger partial charge on any atom is 0.168 e. The van der Waals surface area contributed by atoms with E-state index in [0.717, 1.165) is 16.9 Å². The van der Waals surface area contributed by atoms with Gasteiger partial charge in [-0.2, -0.15) is 0 Å². The van der Waals surface area contributed by atoms with Gasteiger partial charge in [0.15, 0.2) is 11.5 Å². The van der Waals surface area contributed by atoms with Crippen molar-refractivity contribution in [1.82, 2.24) is 19.5 Å². The molecule has 0 amide bonds. The molecule has 19 heavy (non-hydrogen) atoms. The number of nitrogens with zero attached hydrogens (tertiary/aromatic N) is 4. The topological polar surface area (TPSA) is 52.8 Å². The summed E-state index contributed by atoms with van der Waals surface area (Å²) in [6, 6.07) is 9.95. The van der Waals surface area contributed by atoms with Gasteiger partial charge < -0.3 is 4.74 Å². The molecular weight excluding hydrogens is 240 g/mol. The quantitative estimate of drug-likeness (QED) is 0.672. The van der Waals surface area contributed by atoms with Crippen LogP contribution in [-0.2, 0) is 4.74 Å². The number of hydrogen-bond acceptors (Lipinski definition) is 4. The van der Waals surface area contributed by atoms with Crippen LogP contribution in [0, 0.1) is 0 Å². The third-order valence-corrected chi connectivity index (χ3v) is 2.70. The minimum atomic E-state index is 0.590. The molecule has 0 fully saturated rings. The monoisotopic (exact) mass is 252 g/mol. The Hall–Kier alpha value is -2.69. The molecule has 2 aromatic heterocycles. The highest BCUT2D eigenvalue weighted by molar-refractivity contribution is 5.72. The van der Waals surface area contributed by atoms with Crippen molar-refractivity contribution in [3.63, 3.8) is 0 Å². The normalized spacial score (nSPS) is 11.2. The van der Waals surface area contributed by atoms with E-state index >= 15 is 0 Å². The van der Waals surface area contributed by atoms with E-state index in [1.807, 2.05) is 34.9 Å². The lowest BCUT2D eigenvalue weighted by molar-refractivity contribution is 0.341. The van der Waals surface area contributed by atoms with Crippen molar-refractivity contribution < 1.29 is 4.74 Å². The molecule has 3 rings (SSSR count). The Balaban J connectivity index is 2.13. The standard InChI is InChI=1S/C14H12N4O/c1-19-8-7-13-15-9-12-14(17-13)18(10-16-12)11-5-3-2-4-6-11/h2-10H,1H3/b8-7+. The second kappa shape index (κ2) is 4.89. The van der Waals surface area contributed by atoms with Crippen LogP contribution in [0.4, 0.5) is 0 Å². The van der Waals surface area contributed by atoms with Gasteiger partial charge in [0.2, 0.25) is 0 Å². The molecule has 5 heteroatoms. The summed E-state index contributed by atoms with van der Waals surface area (Å²) in [5.74, 6) is 0.590. The van der Waals surface area contributed by atoms with Crippen molar-refractivity contribution in [2.75, 3.05) is 7.11 Å². The zero-order valence-corrected chi connectivity index (χ0v) is 10.4. The third-order valence-electron chi connectivity index (χ3n) is 2.70. The lowest BCUT2D eigenvalue weighted by atomic mass is 10.3. The molecule has 0 unspecified atom stereocenters. The fraction of sp³-hybridized carbons (Fsp3) is 0.0714. The van der Waals surface area contributed by atoms with Crippen LogP contribution in [0.3, 0.4) is 0 Å². The maximum atomic E-state index is 4.87. The lowest BCUT2D eigenvalue weighted by Crippen LogP contribution is -1.95.